The molecule has 0 aliphatic carbocycles. The summed E-state index contributed by atoms with van der Waals surface area (Å²) in [6, 6.07) is 0. The average Bonchev–Trinajstić information content (AvgIpc) is 2.13. The first-order chi connectivity index (χ1) is 6.33. The molecule has 2 nitrogen and oxygen atoms in total. The van der Waals surface area contributed by atoms with Crippen LogP contribution in [0.15, 0.2) is 0 Å². The van der Waals surface area contributed by atoms with E-state index >= 15 is 0 Å². The Morgan fingerprint density at radius 2 is 2.08 bits per heavy atom. The summed E-state index contributed by atoms with van der Waals surface area (Å²) >= 11 is 0. The van der Waals surface area contributed by atoms with E-state index in [9.17, 15) is 0 Å². The maximum absolute atomic E-state index is 5.64. The summed E-state index contributed by atoms with van der Waals surface area (Å²) in [5, 5.41) is 0. The van der Waals surface area contributed by atoms with Gasteiger partial charge in [0.25, 0.3) is 0 Å². The van der Waals surface area contributed by atoms with Gasteiger partial charge in [0.15, 0.2) is 6.29 Å². The number of hydrogen-bond acceptors (Lipinski definition) is 2. The molecule has 0 amide bonds. The Hall–Kier alpha value is -0.0800. The van der Waals surface area contributed by atoms with Crippen LogP contribution in [0.1, 0.15) is 52.4 Å². The highest BCUT2D eigenvalue weighted by molar-refractivity contribution is 4.59. The zero-order chi connectivity index (χ0) is 9.52. The molecule has 78 valence electrons. The summed E-state index contributed by atoms with van der Waals surface area (Å²) in [5.74, 6) is 0. The van der Waals surface area contributed by atoms with Crippen LogP contribution in [-0.4, -0.2) is 19.0 Å². The lowest BCUT2D eigenvalue weighted by Crippen LogP contribution is -2.30. The van der Waals surface area contributed by atoms with Crippen molar-refractivity contribution >= 4 is 0 Å². The Morgan fingerprint density at radius 3 is 2.77 bits per heavy atom. The van der Waals surface area contributed by atoms with Gasteiger partial charge in [0.1, 0.15) is 0 Å². The second kappa shape index (κ2) is 6.39. The Kier molecular flexibility index (Phi) is 5.40. The summed E-state index contributed by atoms with van der Waals surface area (Å²) < 4.78 is 11.2. The number of ether oxygens (including phenoxy) is 2. The molecule has 0 saturated carbocycles. The highest BCUT2D eigenvalue weighted by atomic mass is 16.7. The van der Waals surface area contributed by atoms with Gasteiger partial charge in [-0.1, -0.05) is 26.2 Å². The molecule has 0 spiro atoms. The molecular formula is C11H22O2. The van der Waals surface area contributed by atoms with Gasteiger partial charge in [-0.25, -0.2) is 0 Å². The number of unbranched alkanes of at least 4 members (excludes halogenated alkanes) is 3. The monoisotopic (exact) mass is 186 g/mol. The third kappa shape index (κ3) is 4.63. The molecule has 13 heavy (non-hydrogen) atoms. The first kappa shape index (κ1) is 11.0. The van der Waals surface area contributed by atoms with E-state index in [0.29, 0.717) is 6.10 Å². The van der Waals surface area contributed by atoms with Gasteiger partial charge >= 0.3 is 0 Å². The summed E-state index contributed by atoms with van der Waals surface area (Å²) in [5.41, 5.74) is 0. The van der Waals surface area contributed by atoms with Crippen molar-refractivity contribution in [3.63, 3.8) is 0 Å². The van der Waals surface area contributed by atoms with Gasteiger partial charge in [-0.15, -0.1) is 0 Å². The van der Waals surface area contributed by atoms with Crippen LogP contribution in [0.4, 0.5) is 0 Å². The van der Waals surface area contributed by atoms with Gasteiger partial charge < -0.3 is 9.47 Å². The fourth-order valence-corrected chi connectivity index (χ4v) is 1.62. The van der Waals surface area contributed by atoms with E-state index in [0.717, 1.165) is 19.4 Å². The first-order valence-corrected chi connectivity index (χ1v) is 5.60. The number of rotatable bonds is 5. The molecule has 1 fully saturated rings. The van der Waals surface area contributed by atoms with Gasteiger partial charge in [0.2, 0.25) is 0 Å². The van der Waals surface area contributed by atoms with Crippen molar-refractivity contribution in [3.8, 4) is 0 Å². The molecule has 0 bridgehead atoms. The minimum Gasteiger partial charge on any atom is -0.353 e. The Labute approximate surface area is 81.6 Å². The fraction of sp³-hybridized carbons (Fsp3) is 1.00. The number of hydrogen-bond donors (Lipinski definition) is 0. The van der Waals surface area contributed by atoms with Crippen molar-refractivity contribution < 1.29 is 9.47 Å². The Bertz CT molecular complexity index is 125. The second-order valence-electron chi connectivity index (χ2n) is 3.89. The van der Waals surface area contributed by atoms with Crippen LogP contribution in [0.5, 0.6) is 0 Å². The molecule has 0 aromatic carbocycles. The van der Waals surface area contributed by atoms with E-state index in [4.69, 9.17) is 9.47 Å². The fourth-order valence-electron chi connectivity index (χ4n) is 1.62. The van der Waals surface area contributed by atoms with Crippen LogP contribution >= 0.6 is 0 Å². The predicted octanol–water partition coefficient (Wildman–Crippen LogP) is 3.11. The molecule has 0 radical (unpaired) electrons. The molecule has 0 aromatic heterocycles. The smallest absolute Gasteiger partial charge is 0.157 e. The largest absolute Gasteiger partial charge is 0.353 e. The zero-order valence-electron chi connectivity index (χ0n) is 8.92. The molecule has 1 saturated heterocycles. The van der Waals surface area contributed by atoms with Crippen LogP contribution in [0.2, 0.25) is 0 Å². The average molecular weight is 186 g/mol. The highest BCUT2D eigenvalue weighted by Crippen LogP contribution is 2.17. The van der Waals surface area contributed by atoms with Crippen molar-refractivity contribution in [2.24, 2.45) is 0 Å². The second-order valence-corrected chi connectivity index (χ2v) is 3.89. The summed E-state index contributed by atoms with van der Waals surface area (Å²) in [7, 11) is 0. The molecule has 0 N–H and O–H groups in total. The maximum Gasteiger partial charge on any atom is 0.157 e. The van der Waals surface area contributed by atoms with Crippen molar-refractivity contribution in [1.82, 2.24) is 0 Å². The van der Waals surface area contributed by atoms with Gasteiger partial charge in [-0.2, -0.15) is 0 Å². The van der Waals surface area contributed by atoms with Crippen LogP contribution in [0.25, 0.3) is 0 Å². The third-order valence-electron chi connectivity index (χ3n) is 2.51. The van der Waals surface area contributed by atoms with E-state index < -0.39 is 0 Å². The zero-order valence-corrected chi connectivity index (χ0v) is 8.92. The lowest BCUT2D eigenvalue weighted by molar-refractivity contribution is -0.210. The van der Waals surface area contributed by atoms with Crippen LogP contribution in [0.3, 0.4) is 0 Å². The summed E-state index contributed by atoms with van der Waals surface area (Å²) in [6.45, 7) is 5.23. The highest BCUT2D eigenvalue weighted by Gasteiger charge is 2.18. The predicted molar refractivity (Wildman–Crippen MR) is 53.7 cm³/mol. The van der Waals surface area contributed by atoms with Crippen LogP contribution in [0, 0.1) is 0 Å². The minimum atomic E-state index is 0.0839. The first-order valence-electron chi connectivity index (χ1n) is 5.60. The normalized spacial score (nSPS) is 29.1. The molecular weight excluding hydrogens is 164 g/mol. The van der Waals surface area contributed by atoms with Crippen molar-refractivity contribution in [3.05, 3.63) is 0 Å². The van der Waals surface area contributed by atoms with Crippen LogP contribution < -0.4 is 0 Å². The minimum absolute atomic E-state index is 0.0839. The summed E-state index contributed by atoms with van der Waals surface area (Å²) in [6.07, 6.45) is 7.78. The van der Waals surface area contributed by atoms with E-state index in [1.165, 1.54) is 25.7 Å². The van der Waals surface area contributed by atoms with Gasteiger partial charge in [-0.3, -0.25) is 0 Å². The van der Waals surface area contributed by atoms with Crippen LogP contribution in [-0.2, 0) is 9.47 Å². The standard InChI is InChI=1S/C11H22O2/c1-3-4-5-6-7-11-12-9-8-10(2)13-11/h10-11H,3-9H2,1-2H3/t10-,11+/m1/s1. The van der Waals surface area contributed by atoms with Gasteiger partial charge in [0, 0.05) is 0 Å². The maximum atomic E-state index is 5.64. The lowest BCUT2D eigenvalue weighted by atomic mass is 10.1. The topological polar surface area (TPSA) is 18.5 Å². The molecule has 1 aliphatic rings. The Morgan fingerprint density at radius 1 is 1.23 bits per heavy atom. The van der Waals surface area contributed by atoms with E-state index in [-0.39, 0.29) is 6.29 Å². The molecule has 0 aromatic rings. The van der Waals surface area contributed by atoms with Gasteiger partial charge in [0.05, 0.1) is 12.7 Å². The quantitative estimate of drug-likeness (QED) is 0.614. The molecule has 1 rings (SSSR count). The summed E-state index contributed by atoms with van der Waals surface area (Å²) in [4.78, 5) is 0. The van der Waals surface area contributed by atoms with Crippen molar-refractivity contribution in [2.45, 2.75) is 64.8 Å². The Balaban J connectivity index is 2.00. The third-order valence-corrected chi connectivity index (χ3v) is 2.51. The van der Waals surface area contributed by atoms with E-state index in [1.54, 1.807) is 0 Å². The molecule has 1 aliphatic heterocycles. The van der Waals surface area contributed by atoms with Crippen molar-refractivity contribution in [2.75, 3.05) is 6.61 Å². The SMILES string of the molecule is CCCCCC[C@H]1OCC[C@@H](C)O1. The molecule has 0 unspecified atom stereocenters. The molecule has 2 heteroatoms. The van der Waals surface area contributed by atoms with E-state index in [1.807, 2.05) is 0 Å². The van der Waals surface area contributed by atoms with Crippen molar-refractivity contribution in [1.29, 1.82) is 0 Å². The molecule has 2 atom stereocenters. The lowest BCUT2D eigenvalue weighted by Gasteiger charge is -2.28. The molecule has 1 heterocycles. The van der Waals surface area contributed by atoms with Gasteiger partial charge in [-0.05, 0) is 26.2 Å². The van der Waals surface area contributed by atoms with E-state index in [2.05, 4.69) is 13.8 Å².